The predicted octanol–water partition coefficient (Wildman–Crippen LogP) is 3.34. The van der Waals surface area contributed by atoms with Gasteiger partial charge in [0.15, 0.2) is 5.78 Å². The molecule has 1 heterocycles. The van der Waals surface area contributed by atoms with Crippen molar-refractivity contribution in [3.8, 4) is 0 Å². The van der Waals surface area contributed by atoms with Gasteiger partial charge in [-0.15, -0.1) is 0 Å². The maximum atomic E-state index is 12.4. The first-order chi connectivity index (χ1) is 8.75. The summed E-state index contributed by atoms with van der Waals surface area (Å²) in [6.07, 6.45) is 5.63. The van der Waals surface area contributed by atoms with Gasteiger partial charge in [-0.05, 0) is 12.0 Å². The minimum absolute atomic E-state index is 0.207. The van der Waals surface area contributed by atoms with Gasteiger partial charge in [0, 0.05) is 18.9 Å². The Kier molecular flexibility index (Phi) is 2.90. The minimum atomic E-state index is 0.207. The average molecular weight is 242 g/mol. The molecular weight excluding hydrogens is 224 g/mol. The van der Waals surface area contributed by atoms with Gasteiger partial charge in [0.05, 0.1) is 5.52 Å². The van der Waals surface area contributed by atoms with E-state index in [-0.39, 0.29) is 5.78 Å². The molecule has 1 saturated carbocycles. The Bertz CT molecular complexity index is 579. The molecule has 1 aromatic heterocycles. The maximum absolute atomic E-state index is 12.4. The molecule has 3 rings (SSSR count). The molecule has 0 atom stereocenters. The van der Waals surface area contributed by atoms with Crippen LogP contribution in [-0.4, -0.2) is 15.6 Å². The minimum Gasteiger partial charge on any atom is -0.292 e. The number of ketones is 1. The number of aryl methyl sites for hydroxylation is 1. The molecule has 1 fully saturated rings. The average Bonchev–Trinajstić information content (AvgIpc) is 2.98. The van der Waals surface area contributed by atoms with Crippen molar-refractivity contribution in [2.24, 2.45) is 13.0 Å². The van der Waals surface area contributed by atoms with E-state index in [0.717, 1.165) is 10.9 Å². The first-order valence-corrected chi connectivity index (χ1v) is 6.70. The summed E-state index contributed by atoms with van der Waals surface area (Å²) in [5.41, 5.74) is 1.69. The van der Waals surface area contributed by atoms with Crippen molar-refractivity contribution in [3.63, 3.8) is 0 Å². The number of nitrogens with zero attached hydrogens (tertiary/aromatic N) is 2. The lowest BCUT2D eigenvalue weighted by Crippen LogP contribution is -2.07. The van der Waals surface area contributed by atoms with Crippen LogP contribution in [0.25, 0.3) is 10.9 Å². The summed E-state index contributed by atoms with van der Waals surface area (Å²) < 4.78 is 1.80. The Morgan fingerprint density at radius 1 is 1.33 bits per heavy atom. The first kappa shape index (κ1) is 11.5. The number of fused-ring (bicyclic) bond motifs is 1. The molecule has 0 N–H and O–H groups in total. The van der Waals surface area contributed by atoms with Crippen LogP contribution in [0.1, 0.15) is 42.6 Å². The lowest BCUT2D eigenvalue weighted by Gasteiger charge is -2.05. The normalized spacial score (nSPS) is 16.5. The van der Waals surface area contributed by atoms with Crippen molar-refractivity contribution >= 4 is 16.7 Å². The summed E-state index contributed by atoms with van der Waals surface area (Å²) in [5, 5.41) is 5.39. The van der Waals surface area contributed by atoms with E-state index in [9.17, 15) is 4.79 Å². The van der Waals surface area contributed by atoms with Crippen LogP contribution >= 0.6 is 0 Å². The van der Waals surface area contributed by atoms with Crippen LogP contribution in [0, 0.1) is 5.92 Å². The standard InChI is InChI=1S/C15H18N2O/c1-17-13-9-5-4-8-12(13)15(16-17)14(18)10-11-6-2-3-7-11/h4-5,8-9,11H,2-3,6-7,10H2,1H3. The Balaban J connectivity index is 1.91. The fourth-order valence-electron chi connectivity index (χ4n) is 2.99. The summed E-state index contributed by atoms with van der Waals surface area (Å²) in [6.45, 7) is 0. The third-order valence-electron chi connectivity index (χ3n) is 3.97. The number of Topliss-reactive ketones (excluding diaryl/α,β-unsaturated/α-hetero) is 1. The molecule has 0 unspecified atom stereocenters. The molecule has 1 aliphatic carbocycles. The zero-order chi connectivity index (χ0) is 12.5. The molecule has 18 heavy (non-hydrogen) atoms. The number of carbonyl (C=O) groups is 1. The predicted molar refractivity (Wildman–Crippen MR) is 71.6 cm³/mol. The molecular formula is C15H18N2O. The highest BCUT2D eigenvalue weighted by atomic mass is 16.1. The van der Waals surface area contributed by atoms with Gasteiger partial charge >= 0.3 is 0 Å². The van der Waals surface area contributed by atoms with E-state index in [4.69, 9.17) is 0 Å². The quantitative estimate of drug-likeness (QED) is 0.774. The highest BCUT2D eigenvalue weighted by Gasteiger charge is 2.22. The lowest BCUT2D eigenvalue weighted by molar-refractivity contribution is 0.0958. The van der Waals surface area contributed by atoms with Crippen LogP contribution in [0.4, 0.5) is 0 Å². The molecule has 3 nitrogen and oxygen atoms in total. The van der Waals surface area contributed by atoms with E-state index in [2.05, 4.69) is 5.10 Å². The van der Waals surface area contributed by atoms with Crippen molar-refractivity contribution in [3.05, 3.63) is 30.0 Å². The molecule has 0 amide bonds. The molecule has 1 aromatic carbocycles. The highest BCUT2D eigenvalue weighted by Crippen LogP contribution is 2.29. The summed E-state index contributed by atoms with van der Waals surface area (Å²) in [4.78, 5) is 12.4. The highest BCUT2D eigenvalue weighted by molar-refractivity contribution is 6.06. The topological polar surface area (TPSA) is 34.9 Å². The molecule has 0 saturated heterocycles. The van der Waals surface area contributed by atoms with Crippen LogP contribution in [0.2, 0.25) is 0 Å². The van der Waals surface area contributed by atoms with Gasteiger partial charge in [0.1, 0.15) is 5.69 Å². The van der Waals surface area contributed by atoms with Crippen molar-refractivity contribution in [2.75, 3.05) is 0 Å². The van der Waals surface area contributed by atoms with Gasteiger partial charge in [-0.2, -0.15) is 5.10 Å². The van der Waals surface area contributed by atoms with Gasteiger partial charge in [0.2, 0.25) is 0 Å². The first-order valence-electron chi connectivity index (χ1n) is 6.70. The maximum Gasteiger partial charge on any atom is 0.183 e. The number of benzene rings is 1. The van der Waals surface area contributed by atoms with Crippen LogP contribution < -0.4 is 0 Å². The number of rotatable bonds is 3. The van der Waals surface area contributed by atoms with Crippen molar-refractivity contribution in [2.45, 2.75) is 32.1 Å². The van der Waals surface area contributed by atoms with E-state index >= 15 is 0 Å². The van der Waals surface area contributed by atoms with Gasteiger partial charge < -0.3 is 0 Å². The van der Waals surface area contributed by atoms with Gasteiger partial charge in [-0.3, -0.25) is 9.48 Å². The molecule has 0 bridgehead atoms. The van der Waals surface area contributed by atoms with Gasteiger partial charge in [-0.1, -0.05) is 43.9 Å². The molecule has 94 valence electrons. The second-order valence-electron chi connectivity index (χ2n) is 5.27. The Labute approximate surface area is 107 Å². The van der Waals surface area contributed by atoms with Gasteiger partial charge in [0.25, 0.3) is 0 Å². The van der Waals surface area contributed by atoms with Crippen LogP contribution in [0.5, 0.6) is 0 Å². The lowest BCUT2D eigenvalue weighted by atomic mass is 9.98. The number of aromatic nitrogens is 2. The van der Waals surface area contributed by atoms with Crippen molar-refractivity contribution in [1.82, 2.24) is 9.78 Å². The van der Waals surface area contributed by atoms with E-state index in [1.165, 1.54) is 25.7 Å². The summed E-state index contributed by atoms with van der Waals surface area (Å²) in [7, 11) is 1.90. The molecule has 2 aromatic rings. The number of para-hydroxylation sites is 1. The third kappa shape index (κ3) is 1.94. The summed E-state index contributed by atoms with van der Waals surface area (Å²) >= 11 is 0. The summed E-state index contributed by atoms with van der Waals surface area (Å²) in [6, 6.07) is 7.95. The molecule has 0 radical (unpaired) electrons. The van der Waals surface area contributed by atoms with Crippen LogP contribution in [0.3, 0.4) is 0 Å². The van der Waals surface area contributed by atoms with Crippen LogP contribution in [0.15, 0.2) is 24.3 Å². The largest absolute Gasteiger partial charge is 0.292 e. The fraction of sp³-hybridized carbons (Fsp3) is 0.467. The third-order valence-corrected chi connectivity index (χ3v) is 3.97. The SMILES string of the molecule is Cn1nc(C(=O)CC2CCCC2)c2ccccc21. The van der Waals surface area contributed by atoms with E-state index in [0.29, 0.717) is 18.0 Å². The molecule has 0 aliphatic heterocycles. The van der Waals surface area contributed by atoms with E-state index in [1.54, 1.807) is 4.68 Å². The fourth-order valence-corrected chi connectivity index (χ4v) is 2.99. The Hall–Kier alpha value is -1.64. The molecule has 3 heteroatoms. The zero-order valence-corrected chi connectivity index (χ0v) is 10.7. The summed E-state index contributed by atoms with van der Waals surface area (Å²) in [5.74, 6) is 0.789. The zero-order valence-electron chi connectivity index (χ0n) is 10.7. The smallest absolute Gasteiger partial charge is 0.183 e. The van der Waals surface area contributed by atoms with Crippen molar-refractivity contribution < 1.29 is 4.79 Å². The number of hydrogen-bond donors (Lipinski definition) is 0. The molecule has 1 aliphatic rings. The molecule has 0 spiro atoms. The number of hydrogen-bond acceptors (Lipinski definition) is 2. The van der Waals surface area contributed by atoms with E-state index < -0.39 is 0 Å². The monoisotopic (exact) mass is 242 g/mol. The Morgan fingerprint density at radius 3 is 2.83 bits per heavy atom. The van der Waals surface area contributed by atoms with Crippen LogP contribution in [-0.2, 0) is 7.05 Å². The van der Waals surface area contributed by atoms with Gasteiger partial charge in [-0.25, -0.2) is 0 Å². The second-order valence-corrected chi connectivity index (χ2v) is 5.27. The Morgan fingerprint density at radius 2 is 2.06 bits per heavy atom. The van der Waals surface area contributed by atoms with Crippen molar-refractivity contribution in [1.29, 1.82) is 0 Å². The second kappa shape index (κ2) is 4.56. The van der Waals surface area contributed by atoms with E-state index in [1.807, 2.05) is 31.3 Å². The number of carbonyl (C=O) groups excluding carboxylic acids is 1.